The Hall–Kier alpha value is -1.43. The lowest BCUT2D eigenvalue weighted by atomic mass is 9.94. The number of hydrogen-bond donors (Lipinski definition) is 2. The number of thiazole rings is 1. The normalized spacial score (nSPS) is 11.9. The SMILES string of the molecule is Cc1ccccc1C(CC(C)C)NC(=O)c1csc(CN)n1.Cl. The third-order valence-corrected chi connectivity index (χ3v) is 4.41. The minimum Gasteiger partial charge on any atom is -0.344 e. The summed E-state index contributed by atoms with van der Waals surface area (Å²) in [5.41, 5.74) is 8.36. The molecule has 2 rings (SSSR count). The number of nitrogens with one attached hydrogen (secondary N) is 1. The molecule has 1 aromatic carbocycles. The maximum absolute atomic E-state index is 12.4. The first kappa shape index (κ1) is 19.6. The van der Waals surface area contributed by atoms with Gasteiger partial charge >= 0.3 is 0 Å². The fourth-order valence-electron chi connectivity index (χ4n) is 2.45. The third-order valence-electron chi connectivity index (χ3n) is 3.54. The smallest absolute Gasteiger partial charge is 0.271 e. The maximum atomic E-state index is 12.4. The monoisotopic (exact) mass is 353 g/mol. The molecule has 0 saturated heterocycles. The Bertz CT molecular complexity index is 642. The summed E-state index contributed by atoms with van der Waals surface area (Å²) in [6.07, 6.45) is 0.893. The molecule has 0 spiro atoms. The van der Waals surface area contributed by atoms with E-state index in [2.05, 4.69) is 43.2 Å². The van der Waals surface area contributed by atoms with Crippen LogP contribution in [0.4, 0.5) is 0 Å². The molecule has 6 heteroatoms. The Balaban J connectivity index is 0.00000264. The summed E-state index contributed by atoms with van der Waals surface area (Å²) in [5.74, 6) is 0.352. The molecular weight excluding hydrogens is 330 g/mol. The number of nitrogens with zero attached hydrogens (tertiary/aromatic N) is 1. The summed E-state index contributed by atoms with van der Waals surface area (Å²) in [7, 11) is 0. The molecule has 0 aliphatic rings. The van der Waals surface area contributed by atoms with Crippen molar-refractivity contribution in [1.82, 2.24) is 10.3 Å². The second kappa shape index (κ2) is 9.01. The van der Waals surface area contributed by atoms with Crippen LogP contribution in [0, 0.1) is 12.8 Å². The highest BCUT2D eigenvalue weighted by Gasteiger charge is 2.20. The molecular formula is C17H24ClN3OS. The highest BCUT2D eigenvalue weighted by molar-refractivity contribution is 7.09. The molecule has 126 valence electrons. The standard InChI is InChI=1S/C17H23N3OS.ClH/c1-11(2)8-14(13-7-5-4-6-12(13)3)20-17(21)15-10-22-16(9-18)19-15;/h4-7,10-11,14H,8-9,18H2,1-3H3,(H,20,21);1H. The summed E-state index contributed by atoms with van der Waals surface area (Å²) in [6, 6.07) is 8.17. The minimum atomic E-state index is -0.134. The van der Waals surface area contributed by atoms with E-state index < -0.39 is 0 Å². The Morgan fingerprint density at radius 3 is 2.61 bits per heavy atom. The van der Waals surface area contributed by atoms with Crippen LogP contribution in [0.5, 0.6) is 0 Å². The van der Waals surface area contributed by atoms with Crippen LogP contribution in [0.1, 0.15) is 52.9 Å². The number of rotatable bonds is 6. The van der Waals surface area contributed by atoms with Crippen LogP contribution in [0.15, 0.2) is 29.6 Å². The minimum absolute atomic E-state index is 0. The van der Waals surface area contributed by atoms with Gasteiger partial charge in [-0.25, -0.2) is 4.98 Å². The van der Waals surface area contributed by atoms with Gasteiger partial charge in [0.05, 0.1) is 6.04 Å². The lowest BCUT2D eigenvalue weighted by Crippen LogP contribution is -2.30. The molecule has 2 aromatic rings. The number of amides is 1. The first-order valence-corrected chi connectivity index (χ1v) is 8.40. The van der Waals surface area contributed by atoms with E-state index in [0.717, 1.165) is 11.4 Å². The predicted octanol–water partition coefficient (Wildman–Crippen LogP) is 3.85. The quantitative estimate of drug-likeness (QED) is 0.828. The molecule has 1 amide bonds. The van der Waals surface area contributed by atoms with Crippen molar-refractivity contribution in [1.29, 1.82) is 0 Å². The molecule has 0 aliphatic carbocycles. The molecule has 0 fully saturated rings. The van der Waals surface area contributed by atoms with Gasteiger partial charge in [0.2, 0.25) is 0 Å². The number of halogens is 1. The zero-order valence-electron chi connectivity index (χ0n) is 13.7. The van der Waals surface area contributed by atoms with E-state index in [9.17, 15) is 4.79 Å². The van der Waals surface area contributed by atoms with Crippen LogP contribution >= 0.6 is 23.7 Å². The molecule has 0 bridgehead atoms. The Morgan fingerprint density at radius 1 is 1.35 bits per heavy atom. The van der Waals surface area contributed by atoms with Crippen molar-refractivity contribution in [3.8, 4) is 0 Å². The fourth-order valence-corrected chi connectivity index (χ4v) is 3.11. The molecule has 3 N–H and O–H groups in total. The van der Waals surface area contributed by atoms with Gasteiger partial charge in [-0.3, -0.25) is 4.79 Å². The van der Waals surface area contributed by atoms with E-state index in [1.807, 2.05) is 12.1 Å². The zero-order valence-corrected chi connectivity index (χ0v) is 15.3. The third kappa shape index (κ3) is 5.30. The van der Waals surface area contributed by atoms with Crippen LogP contribution in [0.25, 0.3) is 0 Å². The van der Waals surface area contributed by atoms with Crippen LogP contribution in [-0.4, -0.2) is 10.9 Å². The topological polar surface area (TPSA) is 68.0 Å². The van der Waals surface area contributed by atoms with E-state index >= 15 is 0 Å². The van der Waals surface area contributed by atoms with Crippen LogP contribution in [-0.2, 0) is 6.54 Å². The van der Waals surface area contributed by atoms with Crippen molar-refractivity contribution >= 4 is 29.7 Å². The number of carbonyl (C=O) groups is 1. The van der Waals surface area contributed by atoms with Crippen molar-refractivity contribution in [3.63, 3.8) is 0 Å². The second-order valence-corrected chi connectivity index (χ2v) is 6.79. The van der Waals surface area contributed by atoms with Gasteiger partial charge in [0.15, 0.2) is 0 Å². The number of carbonyl (C=O) groups excluding carboxylic acids is 1. The molecule has 1 unspecified atom stereocenters. The Morgan fingerprint density at radius 2 is 2.04 bits per heavy atom. The van der Waals surface area contributed by atoms with Crippen LogP contribution in [0.2, 0.25) is 0 Å². The van der Waals surface area contributed by atoms with Gasteiger partial charge in [-0.15, -0.1) is 23.7 Å². The number of hydrogen-bond acceptors (Lipinski definition) is 4. The van der Waals surface area contributed by atoms with E-state index in [1.165, 1.54) is 22.5 Å². The average molecular weight is 354 g/mol. The van der Waals surface area contributed by atoms with Crippen molar-refractivity contribution in [2.24, 2.45) is 11.7 Å². The average Bonchev–Trinajstić information content (AvgIpc) is 2.95. The molecule has 23 heavy (non-hydrogen) atoms. The van der Waals surface area contributed by atoms with Crippen molar-refractivity contribution < 1.29 is 4.79 Å². The van der Waals surface area contributed by atoms with E-state index in [1.54, 1.807) is 5.38 Å². The maximum Gasteiger partial charge on any atom is 0.271 e. The highest BCUT2D eigenvalue weighted by Crippen LogP contribution is 2.24. The van der Waals surface area contributed by atoms with Gasteiger partial charge in [0.25, 0.3) is 5.91 Å². The highest BCUT2D eigenvalue weighted by atomic mass is 35.5. The summed E-state index contributed by atoms with van der Waals surface area (Å²) in [6.45, 7) is 6.76. The summed E-state index contributed by atoms with van der Waals surface area (Å²) in [5, 5.41) is 5.67. The number of benzene rings is 1. The largest absolute Gasteiger partial charge is 0.344 e. The molecule has 0 radical (unpaired) electrons. The first-order valence-electron chi connectivity index (χ1n) is 7.52. The van der Waals surface area contributed by atoms with E-state index in [4.69, 9.17) is 5.73 Å². The Kier molecular flexibility index (Phi) is 7.68. The van der Waals surface area contributed by atoms with Gasteiger partial charge in [-0.05, 0) is 30.4 Å². The van der Waals surface area contributed by atoms with Gasteiger partial charge in [-0.2, -0.15) is 0 Å². The molecule has 0 aliphatic heterocycles. The lowest BCUT2D eigenvalue weighted by molar-refractivity contribution is 0.0927. The van der Waals surface area contributed by atoms with E-state index in [-0.39, 0.29) is 24.4 Å². The molecule has 4 nitrogen and oxygen atoms in total. The first-order chi connectivity index (χ1) is 10.5. The Labute approximate surface area is 147 Å². The van der Waals surface area contributed by atoms with Gasteiger partial charge in [0, 0.05) is 11.9 Å². The molecule has 1 aromatic heterocycles. The fraction of sp³-hybridized carbons (Fsp3) is 0.412. The van der Waals surface area contributed by atoms with Crippen LogP contribution in [0.3, 0.4) is 0 Å². The summed E-state index contributed by atoms with van der Waals surface area (Å²) in [4.78, 5) is 16.7. The molecule has 1 heterocycles. The summed E-state index contributed by atoms with van der Waals surface area (Å²) >= 11 is 1.42. The van der Waals surface area contributed by atoms with Gasteiger partial charge in [-0.1, -0.05) is 38.1 Å². The number of nitrogens with two attached hydrogens (primary N) is 1. The predicted molar refractivity (Wildman–Crippen MR) is 98.1 cm³/mol. The number of aromatic nitrogens is 1. The number of aryl methyl sites for hydroxylation is 1. The van der Waals surface area contributed by atoms with Gasteiger partial charge in [0.1, 0.15) is 10.7 Å². The molecule has 0 saturated carbocycles. The van der Waals surface area contributed by atoms with Crippen molar-refractivity contribution in [2.45, 2.75) is 39.8 Å². The molecule has 1 atom stereocenters. The second-order valence-electron chi connectivity index (χ2n) is 5.84. The summed E-state index contributed by atoms with van der Waals surface area (Å²) < 4.78 is 0. The zero-order chi connectivity index (χ0) is 16.1. The van der Waals surface area contributed by atoms with Crippen molar-refractivity contribution in [3.05, 3.63) is 51.5 Å². The van der Waals surface area contributed by atoms with Gasteiger partial charge < -0.3 is 11.1 Å². The van der Waals surface area contributed by atoms with E-state index in [0.29, 0.717) is 18.2 Å². The lowest BCUT2D eigenvalue weighted by Gasteiger charge is -2.22. The van der Waals surface area contributed by atoms with Crippen LogP contribution < -0.4 is 11.1 Å². The van der Waals surface area contributed by atoms with Crippen molar-refractivity contribution in [2.75, 3.05) is 0 Å².